The Labute approximate surface area is 117 Å². The predicted molar refractivity (Wildman–Crippen MR) is 79.7 cm³/mol. The molecule has 0 aliphatic carbocycles. The minimum atomic E-state index is 0.213. The zero-order chi connectivity index (χ0) is 14.1. The highest BCUT2D eigenvalue weighted by molar-refractivity contribution is 5.29. The first kappa shape index (κ1) is 16.0. The van der Waals surface area contributed by atoms with E-state index in [4.69, 9.17) is 9.47 Å². The van der Waals surface area contributed by atoms with Gasteiger partial charge in [0, 0.05) is 6.61 Å². The summed E-state index contributed by atoms with van der Waals surface area (Å²) in [6.07, 6.45) is 2.33. The lowest BCUT2D eigenvalue weighted by Gasteiger charge is -2.27. The quantitative estimate of drug-likeness (QED) is 0.740. The average molecular weight is 265 g/mol. The molecule has 0 heterocycles. The molecule has 2 atom stereocenters. The SMILES string of the molecule is CCCNC(c1ccc(OC)cc1)C(CC)OCC. The highest BCUT2D eigenvalue weighted by Gasteiger charge is 2.21. The molecule has 1 aromatic rings. The van der Waals surface area contributed by atoms with Gasteiger partial charge >= 0.3 is 0 Å². The number of hydrogen-bond acceptors (Lipinski definition) is 3. The maximum Gasteiger partial charge on any atom is 0.118 e. The van der Waals surface area contributed by atoms with Crippen LogP contribution in [0.25, 0.3) is 0 Å². The van der Waals surface area contributed by atoms with Crippen molar-refractivity contribution < 1.29 is 9.47 Å². The zero-order valence-corrected chi connectivity index (χ0v) is 12.6. The van der Waals surface area contributed by atoms with Crippen LogP contribution in [-0.4, -0.2) is 26.4 Å². The summed E-state index contributed by atoms with van der Waals surface area (Å²) >= 11 is 0. The molecule has 2 unspecified atom stereocenters. The molecule has 19 heavy (non-hydrogen) atoms. The second-order valence-electron chi connectivity index (χ2n) is 4.61. The van der Waals surface area contributed by atoms with Crippen LogP contribution in [0, 0.1) is 0 Å². The first-order chi connectivity index (χ1) is 9.26. The van der Waals surface area contributed by atoms with Gasteiger partial charge in [-0.05, 0) is 44.0 Å². The van der Waals surface area contributed by atoms with E-state index in [2.05, 4.69) is 31.3 Å². The van der Waals surface area contributed by atoms with Crippen molar-refractivity contribution in [1.29, 1.82) is 0 Å². The van der Waals surface area contributed by atoms with Gasteiger partial charge in [0.2, 0.25) is 0 Å². The molecule has 0 saturated heterocycles. The van der Waals surface area contributed by atoms with Gasteiger partial charge in [-0.15, -0.1) is 0 Å². The van der Waals surface area contributed by atoms with Crippen molar-refractivity contribution in [3.05, 3.63) is 29.8 Å². The van der Waals surface area contributed by atoms with Gasteiger partial charge in [-0.3, -0.25) is 0 Å². The predicted octanol–water partition coefficient (Wildman–Crippen LogP) is 3.55. The van der Waals surface area contributed by atoms with Crippen LogP contribution in [0.5, 0.6) is 5.75 Å². The molecule has 0 fully saturated rings. The number of rotatable bonds is 9. The minimum absolute atomic E-state index is 0.213. The van der Waals surface area contributed by atoms with E-state index in [1.807, 2.05) is 19.1 Å². The average Bonchev–Trinajstić information content (AvgIpc) is 2.47. The van der Waals surface area contributed by atoms with E-state index in [1.54, 1.807) is 7.11 Å². The standard InChI is InChI=1S/C16H27NO2/c1-5-12-17-16(15(6-2)19-7-3)13-8-10-14(18-4)11-9-13/h8-11,15-17H,5-7,12H2,1-4H3. The number of ether oxygens (including phenoxy) is 2. The van der Waals surface area contributed by atoms with Gasteiger partial charge in [-0.1, -0.05) is 26.0 Å². The number of benzene rings is 1. The Bertz CT molecular complexity index is 337. The van der Waals surface area contributed by atoms with E-state index in [0.29, 0.717) is 0 Å². The lowest BCUT2D eigenvalue weighted by Crippen LogP contribution is -2.34. The van der Waals surface area contributed by atoms with Gasteiger partial charge in [0.15, 0.2) is 0 Å². The first-order valence-corrected chi connectivity index (χ1v) is 7.25. The topological polar surface area (TPSA) is 30.5 Å². The Kier molecular flexibility index (Phi) is 7.53. The molecule has 1 rings (SSSR count). The smallest absolute Gasteiger partial charge is 0.118 e. The normalized spacial score (nSPS) is 14.1. The Morgan fingerprint density at radius 3 is 2.26 bits per heavy atom. The van der Waals surface area contributed by atoms with Crippen molar-refractivity contribution in [2.75, 3.05) is 20.3 Å². The van der Waals surface area contributed by atoms with E-state index >= 15 is 0 Å². The molecule has 1 N–H and O–H groups in total. The van der Waals surface area contributed by atoms with Crippen molar-refractivity contribution in [3.63, 3.8) is 0 Å². The first-order valence-electron chi connectivity index (χ1n) is 7.25. The van der Waals surface area contributed by atoms with Crippen LogP contribution in [0.15, 0.2) is 24.3 Å². The summed E-state index contributed by atoms with van der Waals surface area (Å²) < 4.78 is 11.1. The zero-order valence-electron chi connectivity index (χ0n) is 12.6. The highest BCUT2D eigenvalue weighted by Crippen LogP contribution is 2.24. The van der Waals surface area contributed by atoms with Crippen LogP contribution >= 0.6 is 0 Å². The summed E-state index contributed by atoms with van der Waals surface area (Å²) in [6, 6.07) is 8.50. The molecule has 0 aliphatic heterocycles. The third-order valence-electron chi connectivity index (χ3n) is 3.24. The Morgan fingerprint density at radius 2 is 1.79 bits per heavy atom. The summed E-state index contributed by atoms with van der Waals surface area (Å²) in [7, 11) is 1.69. The van der Waals surface area contributed by atoms with Crippen molar-refractivity contribution >= 4 is 0 Å². The lowest BCUT2D eigenvalue weighted by molar-refractivity contribution is 0.0314. The minimum Gasteiger partial charge on any atom is -0.497 e. The fraction of sp³-hybridized carbons (Fsp3) is 0.625. The molecule has 0 bridgehead atoms. The lowest BCUT2D eigenvalue weighted by atomic mass is 9.99. The maximum absolute atomic E-state index is 5.87. The maximum atomic E-state index is 5.87. The van der Waals surface area contributed by atoms with Crippen molar-refractivity contribution in [1.82, 2.24) is 5.32 Å². The second-order valence-corrected chi connectivity index (χ2v) is 4.61. The van der Waals surface area contributed by atoms with E-state index in [1.165, 1.54) is 5.56 Å². The van der Waals surface area contributed by atoms with Crippen LogP contribution in [-0.2, 0) is 4.74 Å². The summed E-state index contributed by atoms with van der Waals surface area (Å²) in [6.45, 7) is 8.15. The van der Waals surface area contributed by atoms with Gasteiger partial charge in [0.25, 0.3) is 0 Å². The molecule has 108 valence electrons. The monoisotopic (exact) mass is 265 g/mol. The largest absolute Gasteiger partial charge is 0.497 e. The third kappa shape index (κ3) is 4.84. The van der Waals surface area contributed by atoms with Gasteiger partial charge in [0.1, 0.15) is 5.75 Å². The fourth-order valence-electron chi connectivity index (χ4n) is 2.24. The van der Waals surface area contributed by atoms with Crippen LogP contribution in [0.1, 0.15) is 45.2 Å². The molecule has 0 aromatic heterocycles. The fourth-order valence-corrected chi connectivity index (χ4v) is 2.24. The van der Waals surface area contributed by atoms with Gasteiger partial charge in [-0.2, -0.15) is 0 Å². The third-order valence-corrected chi connectivity index (χ3v) is 3.24. The number of methoxy groups -OCH3 is 1. The molecule has 3 heteroatoms. The van der Waals surface area contributed by atoms with E-state index in [9.17, 15) is 0 Å². The molecule has 0 spiro atoms. The molecule has 1 aromatic carbocycles. The molecular formula is C16H27NO2. The Morgan fingerprint density at radius 1 is 1.11 bits per heavy atom. The summed E-state index contributed by atoms with van der Waals surface area (Å²) in [5, 5.41) is 3.59. The highest BCUT2D eigenvalue weighted by atomic mass is 16.5. The van der Waals surface area contributed by atoms with Crippen molar-refractivity contribution in [3.8, 4) is 5.75 Å². The van der Waals surface area contributed by atoms with Crippen molar-refractivity contribution in [2.24, 2.45) is 0 Å². The Hall–Kier alpha value is -1.06. The molecule has 0 amide bonds. The van der Waals surface area contributed by atoms with Crippen molar-refractivity contribution in [2.45, 2.75) is 45.8 Å². The number of hydrogen-bond donors (Lipinski definition) is 1. The van der Waals surface area contributed by atoms with Gasteiger partial charge in [0.05, 0.1) is 19.3 Å². The van der Waals surface area contributed by atoms with E-state index in [-0.39, 0.29) is 12.1 Å². The number of nitrogens with one attached hydrogen (secondary N) is 1. The van der Waals surface area contributed by atoms with Crippen LogP contribution in [0.2, 0.25) is 0 Å². The molecule has 0 radical (unpaired) electrons. The Balaban J connectivity index is 2.86. The molecule has 0 aliphatic rings. The second kappa shape index (κ2) is 8.94. The molecule has 0 saturated carbocycles. The summed E-state index contributed by atoms with van der Waals surface area (Å²) in [5.41, 5.74) is 1.26. The molecular weight excluding hydrogens is 238 g/mol. The summed E-state index contributed by atoms with van der Waals surface area (Å²) in [4.78, 5) is 0. The van der Waals surface area contributed by atoms with Crippen LogP contribution in [0.4, 0.5) is 0 Å². The van der Waals surface area contributed by atoms with Gasteiger partial charge in [-0.25, -0.2) is 0 Å². The van der Waals surface area contributed by atoms with Gasteiger partial charge < -0.3 is 14.8 Å². The molecule has 3 nitrogen and oxygen atoms in total. The van der Waals surface area contributed by atoms with E-state index in [0.717, 1.165) is 31.7 Å². The van der Waals surface area contributed by atoms with E-state index < -0.39 is 0 Å². The van der Waals surface area contributed by atoms with Crippen LogP contribution < -0.4 is 10.1 Å². The summed E-state index contributed by atoms with van der Waals surface area (Å²) in [5.74, 6) is 0.891. The van der Waals surface area contributed by atoms with Crippen LogP contribution in [0.3, 0.4) is 0 Å².